The molecular formula is C18H19Cl2FN3O+. The molecule has 4 nitrogen and oxygen atoms in total. The van der Waals surface area contributed by atoms with E-state index in [1.807, 2.05) is 0 Å². The molecule has 1 aliphatic heterocycles. The van der Waals surface area contributed by atoms with Crippen molar-refractivity contribution in [1.29, 1.82) is 0 Å². The first-order valence-electron chi connectivity index (χ1n) is 8.11. The molecule has 1 aliphatic rings. The van der Waals surface area contributed by atoms with Crippen LogP contribution in [0.1, 0.15) is 0 Å². The number of quaternary nitrogens is 1. The average Bonchev–Trinajstić information content (AvgIpc) is 2.60. The molecule has 0 unspecified atom stereocenters. The van der Waals surface area contributed by atoms with Crippen LogP contribution in [-0.4, -0.2) is 38.6 Å². The second kappa shape index (κ2) is 8.04. The minimum Gasteiger partial charge on any atom is -0.360 e. The normalized spacial score (nSPS) is 15.2. The summed E-state index contributed by atoms with van der Waals surface area (Å²) in [5, 5.41) is 3.65. The number of rotatable bonds is 4. The number of para-hydroxylation sites is 1. The van der Waals surface area contributed by atoms with E-state index in [-0.39, 0.29) is 11.7 Å². The predicted molar refractivity (Wildman–Crippen MR) is 99.3 cm³/mol. The molecule has 1 saturated heterocycles. The van der Waals surface area contributed by atoms with E-state index >= 15 is 0 Å². The summed E-state index contributed by atoms with van der Waals surface area (Å²) in [7, 11) is 0. The minimum atomic E-state index is -0.233. The Morgan fingerprint density at radius 3 is 2.28 bits per heavy atom. The van der Waals surface area contributed by atoms with E-state index in [4.69, 9.17) is 23.2 Å². The molecule has 2 aromatic rings. The van der Waals surface area contributed by atoms with E-state index in [0.29, 0.717) is 22.3 Å². The number of nitrogens with zero attached hydrogens (tertiary/aromatic N) is 1. The maximum atomic E-state index is 13.0. The molecule has 0 saturated carbocycles. The molecule has 0 spiro atoms. The summed E-state index contributed by atoms with van der Waals surface area (Å²) in [4.78, 5) is 15.7. The molecule has 1 heterocycles. The Hall–Kier alpha value is -1.82. The topological polar surface area (TPSA) is 36.8 Å². The van der Waals surface area contributed by atoms with Gasteiger partial charge in [-0.3, -0.25) is 4.79 Å². The van der Waals surface area contributed by atoms with Crippen LogP contribution in [0, 0.1) is 5.82 Å². The van der Waals surface area contributed by atoms with E-state index in [1.54, 1.807) is 30.3 Å². The highest BCUT2D eigenvalue weighted by atomic mass is 35.5. The van der Waals surface area contributed by atoms with Crippen LogP contribution in [0.25, 0.3) is 0 Å². The summed E-state index contributed by atoms with van der Waals surface area (Å²) < 4.78 is 13.0. The lowest BCUT2D eigenvalue weighted by Crippen LogP contribution is -3.15. The van der Waals surface area contributed by atoms with Gasteiger partial charge in [-0.05, 0) is 36.4 Å². The Kier molecular flexibility index (Phi) is 5.78. The zero-order valence-corrected chi connectivity index (χ0v) is 15.1. The first-order valence-corrected chi connectivity index (χ1v) is 8.86. The van der Waals surface area contributed by atoms with E-state index in [9.17, 15) is 9.18 Å². The number of nitrogens with one attached hydrogen (secondary N) is 2. The molecule has 1 amide bonds. The zero-order chi connectivity index (χ0) is 17.8. The number of hydrogen-bond donors (Lipinski definition) is 2. The summed E-state index contributed by atoms with van der Waals surface area (Å²) in [5.41, 5.74) is 1.47. The molecule has 0 aromatic heterocycles. The minimum absolute atomic E-state index is 0.111. The summed E-state index contributed by atoms with van der Waals surface area (Å²) in [5.74, 6) is -0.344. The Bertz CT molecular complexity index is 726. The standard InChI is InChI=1S/C18H18Cl2FN3O/c19-15-2-1-3-16(20)18(15)22-17(25)12-23-8-10-24(11-9-23)14-6-4-13(21)5-7-14/h1-7H,8-12H2,(H,22,25)/p+1. The number of hydrogen-bond acceptors (Lipinski definition) is 2. The number of amides is 1. The van der Waals surface area contributed by atoms with Crippen LogP contribution in [0.15, 0.2) is 42.5 Å². The van der Waals surface area contributed by atoms with Gasteiger partial charge in [-0.2, -0.15) is 0 Å². The number of carbonyl (C=O) groups is 1. The van der Waals surface area contributed by atoms with Gasteiger partial charge in [0.15, 0.2) is 6.54 Å². The number of carbonyl (C=O) groups excluding carboxylic acids is 1. The second-order valence-corrected chi connectivity index (χ2v) is 6.85. The third-order valence-electron chi connectivity index (χ3n) is 4.30. The first kappa shape index (κ1) is 18.0. The molecule has 3 rings (SSSR count). The van der Waals surface area contributed by atoms with Crippen molar-refractivity contribution in [3.8, 4) is 0 Å². The van der Waals surface area contributed by atoms with Crippen molar-refractivity contribution >= 4 is 40.5 Å². The van der Waals surface area contributed by atoms with Gasteiger partial charge in [-0.25, -0.2) is 4.39 Å². The first-order chi connectivity index (χ1) is 12.0. The van der Waals surface area contributed by atoms with Crippen molar-refractivity contribution < 1.29 is 14.1 Å². The smallest absolute Gasteiger partial charge is 0.279 e. The van der Waals surface area contributed by atoms with Crippen molar-refractivity contribution in [2.75, 3.05) is 42.9 Å². The van der Waals surface area contributed by atoms with Crippen molar-refractivity contribution in [3.05, 3.63) is 58.3 Å². The van der Waals surface area contributed by atoms with E-state index in [2.05, 4.69) is 10.2 Å². The van der Waals surface area contributed by atoms with Gasteiger partial charge in [0.1, 0.15) is 5.82 Å². The molecule has 0 atom stereocenters. The quantitative estimate of drug-likeness (QED) is 0.851. The summed E-state index contributed by atoms with van der Waals surface area (Å²) in [6.45, 7) is 3.67. The van der Waals surface area contributed by atoms with Crippen molar-refractivity contribution in [2.24, 2.45) is 0 Å². The highest BCUT2D eigenvalue weighted by molar-refractivity contribution is 6.39. The van der Waals surface area contributed by atoms with Crippen molar-refractivity contribution in [2.45, 2.75) is 0 Å². The highest BCUT2D eigenvalue weighted by Crippen LogP contribution is 2.29. The zero-order valence-electron chi connectivity index (χ0n) is 13.6. The van der Waals surface area contributed by atoms with Crippen molar-refractivity contribution in [3.63, 3.8) is 0 Å². The molecule has 0 radical (unpaired) electrons. The number of anilines is 2. The van der Waals surface area contributed by atoms with E-state index < -0.39 is 0 Å². The van der Waals surface area contributed by atoms with Gasteiger partial charge in [0.25, 0.3) is 5.91 Å². The largest absolute Gasteiger partial charge is 0.360 e. The summed E-state index contributed by atoms with van der Waals surface area (Å²) in [6.07, 6.45) is 0. The third kappa shape index (κ3) is 4.63. The predicted octanol–water partition coefficient (Wildman–Crippen LogP) is 2.48. The Labute approximate surface area is 156 Å². The van der Waals surface area contributed by atoms with Crippen LogP contribution in [0.4, 0.5) is 15.8 Å². The van der Waals surface area contributed by atoms with E-state index in [1.165, 1.54) is 17.0 Å². The molecule has 25 heavy (non-hydrogen) atoms. The monoisotopic (exact) mass is 382 g/mol. The van der Waals surface area contributed by atoms with Crippen LogP contribution in [-0.2, 0) is 4.79 Å². The Morgan fingerprint density at radius 1 is 1.08 bits per heavy atom. The van der Waals surface area contributed by atoms with Crippen LogP contribution in [0.3, 0.4) is 0 Å². The van der Waals surface area contributed by atoms with Gasteiger partial charge in [0.2, 0.25) is 0 Å². The maximum Gasteiger partial charge on any atom is 0.279 e. The molecular weight excluding hydrogens is 364 g/mol. The fraction of sp³-hybridized carbons (Fsp3) is 0.278. The molecule has 0 bridgehead atoms. The van der Waals surface area contributed by atoms with Crippen LogP contribution >= 0.6 is 23.2 Å². The van der Waals surface area contributed by atoms with Crippen LogP contribution < -0.4 is 15.1 Å². The van der Waals surface area contributed by atoms with E-state index in [0.717, 1.165) is 31.9 Å². The van der Waals surface area contributed by atoms with Gasteiger partial charge >= 0.3 is 0 Å². The summed E-state index contributed by atoms with van der Waals surface area (Å²) in [6, 6.07) is 11.6. The summed E-state index contributed by atoms with van der Waals surface area (Å²) >= 11 is 12.2. The number of benzene rings is 2. The lowest BCUT2D eigenvalue weighted by molar-refractivity contribution is -0.892. The SMILES string of the molecule is O=C(C[NH+]1CCN(c2ccc(F)cc2)CC1)Nc1c(Cl)cccc1Cl. The fourth-order valence-corrected chi connectivity index (χ4v) is 3.43. The van der Waals surface area contributed by atoms with Gasteiger partial charge < -0.3 is 15.1 Å². The fourth-order valence-electron chi connectivity index (χ4n) is 2.94. The second-order valence-electron chi connectivity index (χ2n) is 6.04. The molecule has 132 valence electrons. The average molecular weight is 383 g/mol. The lowest BCUT2D eigenvalue weighted by Gasteiger charge is -2.33. The van der Waals surface area contributed by atoms with Gasteiger partial charge in [0, 0.05) is 5.69 Å². The molecule has 7 heteroatoms. The van der Waals surface area contributed by atoms with Gasteiger partial charge in [-0.15, -0.1) is 0 Å². The highest BCUT2D eigenvalue weighted by Gasteiger charge is 2.23. The van der Waals surface area contributed by atoms with Gasteiger partial charge in [0.05, 0.1) is 41.9 Å². The number of piperazine rings is 1. The Morgan fingerprint density at radius 2 is 1.68 bits per heavy atom. The van der Waals surface area contributed by atoms with Gasteiger partial charge in [-0.1, -0.05) is 29.3 Å². The van der Waals surface area contributed by atoms with Crippen LogP contribution in [0.2, 0.25) is 10.0 Å². The lowest BCUT2D eigenvalue weighted by atomic mass is 10.2. The molecule has 1 fully saturated rings. The molecule has 2 N–H and O–H groups in total. The third-order valence-corrected chi connectivity index (χ3v) is 4.93. The number of halogens is 3. The molecule has 0 aliphatic carbocycles. The Balaban J connectivity index is 1.52. The van der Waals surface area contributed by atoms with Crippen molar-refractivity contribution in [1.82, 2.24) is 0 Å². The van der Waals surface area contributed by atoms with Crippen LogP contribution in [0.5, 0.6) is 0 Å². The maximum absolute atomic E-state index is 13.0. The molecule has 2 aromatic carbocycles.